The Hall–Kier alpha value is -3.08. The van der Waals surface area contributed by atoms with Crippen molar-refractivity contribution in [3.8, 4) is 0 Å². The van der Waals surface area contributed by atoms with E-state index in [1.807, 2.05) is 6.08 Å². The van der Waals surface area contributed by atoms with E-state index in [2.05, 4.69) is 65.6 Å². The quantitative estimate of drug-likeness (QED) is 0.611. The van der Waals surface area contributed by atoms with Crippen LogP contribution in [-0.4, -0.2) is 29.0 Å². The monoisotopic (exact) mass is 389 g/mol. The highest BCUT2D eigenvalue weighted by molar-refractivity contribution is 5.35. The third-order valence-corrected chi connectivity index (χ3v) is 6.16. The van der Waals surface area contributed by atoms with Crippen molar-refractivity contribution in [3.05, 3.63) is 105 Å². The van der Waals surface area contributed by atoms with Crippen LogP contribution in [-0.2, 0) is 0 Å². The second kappa shape index (κ2) is 8.52. The molecule has 5 nitrogen and oxygen atoms in total. The Balaban J connectivity index is 1.49. The van der Waals surface area contributed by atoms with Crippen molar-refractivity contribution in [1.82, 2.24) is 4.90 Å². The van der Waals surface area contributed by atoms with Gasteiger partial charge in [-0.15, -0.1) is 0 Å². The molecule has 1 aliphatic carbocycles. The van der Waals surface area contributed by atoms with Crippen LogP contribution in [0.4, 0.5) is 0 Å². The molecule has 0 radical (unpaired) electrons. The normalized spacial score (nSPS) is 20.3. The molecule has 2 aliphatic rings. The molecule has 4 rings (SSSR count). The maximum absolute atomic E-state index is 11.0. The first-order valence-corrected chi connectivity index (χ1v) is 10.3. The largest absolute Gasteiger partial charge is 0.397 e. The molecule has 1 aliphatic heterocycles. The number of nitrogens with zero attached hydrogens (tertiary/aromatic N) is 2. The molecule has 0 spiro atoms. The van der Waals surface area contributed by atoms with Gasteiger partial charge in [-0.2, -0.15) is 0 Å². The highest BCUT2D eigenvalue weighted by Crippen LogP contribution is 2.39. The number of nitro groups is 1. The molecule has 1 heterocycles. The lowest BCUT2D eigenvalue weighted by Gasteiger charge is -2.39. The number of benzene rings is 2. The summed E-state index contributed by atoms with van der Waals surface area (Å²) < 4.78 is 0. The predicted molar refractivity (Wildman–Crippen MR) is 115 cm³/mol. The lowest BCUT2D eigenvalue weighted by atomic mass is 9.76. The predicted octanol–water partition coefficient (Wildman–Crippen LogP) is 4.31. The molecule has 1 saturated heterocycles. The molecule has 5 heteroatoms. The number of likely N-dealkylation sites (tertiary alicyclic amines) is 1. The summed E-state index contributed by atoms with van der Waals surface area (Å²) in [5.41, 5.74) is 10.4. The Bertz CT molecular complexity index is 861. The van der Waals surface area contributed by atoms with Gasteiger partial charge < -0.3 is 10.6 Å². The Labute approximate surface area is 171 Å². The first kappa shape index (κ1) is 19.2. The Kier molecular flexibility index (Phi) is 5.65. The molecular formula is C24H27N3O2. The van der Waals surface area contributed by atoms with Gasteiger partial charge in [0.2, 0.25) is 6.04 Å². The van der Waals surface area contributed by atoms with E-state index >= 15 is 0 Å². The van der Waals surface area contributed by atoms with Gasteiger partial charge in [0.25, 0.3) is 0 Å². The fourth-order valence-corrected chi connectivity index (χ4v) is 4.70. The smallest absolute Gasteiger partial charge is 0.237 e. The number of hydrogen-bond acceptors (Lipinski definition) is 4. The van der Waals surface area contributed by atoms with Crippen LogP contribution in [0.1, 0.15) is 36.3 Å². The van der Waals surface area contributed by atoms with Crippen LogP contribution >= 0.6 is 0 Å². The summed E-state index contributed by atoms with van der Waals surface area (Å²) in [4.78, 5) is 13.1. The lowest BCUT2D eigenvalue weighted by molar-refractivity contribution is -0.508. The molecular weight excluding hydrogens is 362 g/mol. The molecule has 29 heavy (non-hydrogen) atoms. The topological polar surface area (TPSA) is 72.4 Å². The van der Waals surface area contributed by atoms with Crippen molar-refractivity contribution in [2.45, 2.75) is 31.2 Å². The maximum atomic E-state index is 11.0. The number of rotatable bonds is 5. The van der Waals surface area contributed by atoms with Crippen molar-refractivity contribution >= 4 is 0 Å². The first-order chi connectivity index (χ1) is 14.1. The van der Waals surface area contributed by atoms with E-state index in [-0.39, 0.29) is 4.92 Å². The molecule has 1 fully saturated rings. The van der Waals surface area contributed by atoms with Crippen molar-refractivity contribution in [1.29, 1.82) is 0 Å². The zero-order valence-corrected chi connectivity index (χ0v) is 16.5. The van der Waals surface area contributed by atoms with Crippen LogP contribution in [0.5, 0.6) is 0 Å². The van der Waals surface area contributed by atoms with Gasteiger partial charge in [-0.05, 0) is 29.9 Å². The minimum absolute atomic E-state index is 0.267. The molecule has 0 amide bonds. The zero-order valence-electron chi connectivity index (χ0n) is 16.5. The van der Waals surface area contributed by atoms with E-state index in [0.717, 1.165) is 31.6 Å². The summed E-state index contributed by atoms with van der Waals surface area (Å²) in [6.45, 7) is 1.84. The van der Waals surface area contributed by atoms with Crippen LogP contribution < -0.4 is 5.73 Å². The average molecular weight is 389 g/mol. The van der Waals surface area contributed by atoms with Crippen LogP contribution in [0.25, 0.3) is 0 Å². The number of hydrogen-bond donors (Lipinski definition) is 1. The molecule has 2 aromatic carbocycles. The van der Waals surface area contributed by atoms with Gasteiger partial charge in [-0.1, -0.05) is 66.7 Å². The van der Waals surface area contributed by atoms with Crippen LogP contribution in [0.2, 0.25) is 0 Å². The molecule has 0 aromatic heterocycles. The van der Waals surface area contributed by atoms with Crippen molar-refractivity contribution < 1.29 is 4.92 Å². The Morgan fingerprint density at radius 3 is 2.00 bits per heavy atom. The molecule has 2 N–H and O–H groups in total. The SMILES string of the molecule is NC1=CC([N+](=O)[O-])CC=C1N1CCC(C(c2ccccc2)c2ccccc2)CC1. The van der Waals surface area contributed by atoms with Gasteiger partial charge in [0.05, 0.1) is 11.4 Å². The van der Waals surface area contributed by atoms with Crippen LogP contribution in [0, 0.1) is 16.0 Å². The Morgan fingerprint density at radius 1 is 0.966 bits per heavy atom. The summed E-state index contributed by atoms with van der Waals surface area (Å²) in [5.74, 6) is 0.934. The van der Waals surface area contributed by atoms with Crippen molar-refractivity contribution in [3.63, 3.8) is 0 Å². The second-order valence-electron chi connectivity index (χ2n) is 7.92. The van der Waals surface area contributed by atoms with E-state index in [4.69, 9.17) is 5.73 Å². The van der Waals surface area contributed by atoms with E-state index in [9.17, 15) is 10.1 Å². The van der Waals surface area contributed by atoms with E-state index < -0.39 is 6.04 Å². The fraction of sp³-hybridized carbons (Fsp3) is 0.333. The summed E-state index contributed by atoms with van der Waals surface area (Å²) in [6, 6.07) is 20.8. The van der Waals surface area contributed by atoms with Crippen molar-refractivity contribution in [2.75, 3.05) is 13.1 Å². The Morgan fingerprint density at radius 2 is 1.52 bits per heavy atom. The molecule has 0 saturated carbocycles. The zero-order chi connectivity index (χ0) is 20.2. The lowest BCUT2D eigenvalue weighted by Crippen LogP contribution is -2.38. The summed E-state index contributed by atoms with van der Waals surface area (Å²) in [5, 5.41) is 11.0. The van der Waals surface area contributed by atoms with Gasteiger partial charge in [-0.3, -0.25) is 10.1 Å². The van der Waals surface area contributed by atoms with Gasteiger partial charge in [0.15, 0.2) is 0 Å². The van der Waals surface area contributed by atoms with E-state index in [1.165, 1.54) is 11.1 Å². The highest BCUT2D eigenvalue weighted by atomic mass is 16.6. The summed E-state index contributed by atoms with van der Waals surface area (Å²) >= 11 is 0. The molecule has 150 valence electrons. The van der Waals surface area contributed by atoms with Gasteiger partial charge in [0.1, 0.15) is 0 Å². The summed E-state index contributed by atoms with van der Waals surface area (Å²) in [7, 11) is 0. The summed E-state index contributed by atoms with van der Waals surface area (Å²) in [6.07, 6.45) is 6.09. The van der Waals surface area contributed by atoms with E-state index in [0.29, 0.717) is 24.0 Å². The fourth-order valence-electron chi connectivity index (χ4n) is 4.70. The standard InChI is InChI=1S/C24H27N3O2/c25-22-17-21(27(28)29)11-12-23(22)26-15-13-20(14-16-26)24(18-7-3-1-4-8-18)19-9-5-2-6-10-19/h1-10,12,17,20-21,24H,11,13-16,25H2. The van der Waals surface area contributed by atoms with Crippen LogP contribution in [0.3, 0.4) is 0 Å². The van der Waals surface area contributed by atoms with Gasteiger partial charge in [0, 0.05) is 36.4 Å². The third kappa shape index (κ3) is 4.19. The molecule has 1 atom stereocenters. The second-order valence-corrected chi connectivity index (χ2v) is 7.92. The molecule has 0 bridgehead atoms. The third-order valence-electron chi connectivity index (χ3n) is 6.16. The maximum Gasteiger partial charge on any atom is 0.237 e. The average Bonchev–Trinajstić information content (AvgIpc) is 2.76. The van der Waals surface area contributed by atoms with Crippen molar-refractivity contribution in [2.24, 2.45) is 11.7 Å². The molecule has 1 unspecified atom stereocenters. The highest BCUT2D eigenvalue weighted by Gasteiger charge is 2.31. The first-order valence-electron chi connectivity index (χ1n) is 10.3. The minimum Gasteiger partial charge on any atom is -0.397 e. The number of piperidine rings is 1. The van der Waals surface area contributed by atoms with Gasteiger partial charge >= 0.3 is 0 Å². The van der Waals surface area contributed by atoms with Gasteiger partial charge in [-0.25, -0.2) is 0 Å². The minimum atomic E-state index is -0.697. The van der Waals surface area contributed by atoms with Crippen LogP contribution in [0.15, 0.2) is 84.2 Å². The van der Waals surface area contributed by atoms with E-state index in [1.54, 1.807) is 6.08 Å². The molecule has 2 aromatic rings. The number of nitrogens with two attached hydrogens (primary N) is 1.